The number of rotatable bonds is 3. The van der Waals surface area contributed by atoms with Crippen molar-refractivity contribution in [1.29, 1.82) is 0 Å². The molecule has 0 spiro atoms. The molecule has 0 aliphatic heterocycles. The van der Waals surface area contributed by atoms with Gasteiger partial charge in [-0.25, -0.2) is 4.98 Å². The molecular weight excluding hydrogens is 598 g/mol. The number of carbonyl (C=O) groups excluding carboxylic acids is 1. The summed E-state index contributed by atoms with van der Waals surface area (Å²) < 4.78 is 1.88. The first-order valence-corrected chi connectivity index (χ1v) is 12.8. The van der Waals surface area contributed by atoms with Crippen LogP contribution in [0.1, 0.15) is 49.5 Å². The Bertz CT molecular complexity index is 1310. The van der Waals surface area contributed by atoms with Crippen LogP contribution >= 0.6 is 54.8 Å². The first-order valence-electron chi connectivity index (χ1n) is 9.78. The average molecular weight is 622 g/mol. The topological polar surface area (TPSA) is 81.8 Å². The molecule has 0 amide bonds. The van der Waals surface area contributed by atoms with Gasteiger partial charge in [0.15, 0.2) is 10.9 Å². The Hall–Kier alpha value is -1.81. The molecule has 10 heteroatoms. The minimum absolute atomic E-state index is 0. The highest BCUT2D eigenvalue weighted by Gasteiger charge is 2.25. The third-order valence-corrected chi connectivity index (χ3v) is 7.09. The van der Waals surface area contributed by atoms with E-state index in [1.165, 1.54) is 28.0 Å². The molecule has 0 saturated carbocycles. The Labute approximate surface area is 227 Å². The lowest BCUT2D eigenvalue weighted by Gasteiger charge is -2.03. The van der Waals surface area contributed by atoms with Crippen molar-refractivity contribution >= 4 is 85.3 Å². The van der Waals surface area contributed by atoms with Gasteiger partial charge in [0.1, 0.15) is 0 Å². The Kier molecular flexibility index (Phi) is 9.83. The largest absolute Gasteiger partial charge is 0.375 e. The zero-order chi connectivity index (χ0) is 23.0. The summed E-state index contributed by atoms with van der Waals surface area (Å²) in [6.07, 6.45) is 5.24. The zero-order valence-electron chi connectivity index (χ0n) is 18.0. The fourth-order valence-corrected chi connectivity index (χ4v) is 5.35. The van der Waals surface area contributed by atoms with Crippen LogP contribution in [0.5, 0.6) is 0 Å². The first-order chi connectivity index (χ1) is 15.3. The number of carbonyl (C=O) groups is 1. The molecule has 0 bridgehead atoms. The number of Topliss-reactive ketones (excluding diaryl/α,β-unsaturated/α-hetero) is 1. The van der Waals surface area contributed by atoms with Crippen LogP contribution in [0, 0.1) is 0 Å². The van der Waals surface area contributed by atoms with E-state index in [0.717, 1.165) is 55.6 Å². The van der Waals surface area contributed by atoms with Crippen molar-refractivity contribution in [1.82, 2.24) is 15.0 Å². The highest BCUT2D eigenvalue weighted by molar-refractivity contribution is 9.10. The van der Waals surface area contributed by atoms with Gasteiger partial charge in [0.2, 0.25) is 0 Å². The maximum atomic E-state index is 11.7. The smallest absolute Gasteiger partial charge is 0.180 e. The van der Waals surface area contributed by atoms with Crippen molar-refractivity contribution in [3.8, 4) is 0 Å². The normalized spacial score (nSPS) is 13.4. The van der Waals surface area contributed by atoms with Crippen LogP contribution in [0.2, 0.25) is 0 Å². The summed E-state index contributed by atoms with van der Waals surface area (Å²) >= 11 is 13.9. The van der Waals surface area contributed by atoms with Crippen molar-refractivity contribution in [3.63, 3.8) is 0 Å². The van der Waals surface area contributed by atoms with Gasteiger partial charge in [0.05, 0.1) is 23.0 Å². The number of ketones is 1. The number of nitrogens with two attached hydrogens (primary N) is 1. The number of nitrogen functional groups attached to an aromatic ring is 1. The fourth-order valence-electron chi connectivity index (χ4n) is 4.00. The van der Waals surface area contributed by atoms with Crippen molar-refractivity contribution in [2.24, 2.45) is 0 Å². The van der Waals surface area contributed by atoms with E-state index in [1.807, 2.05) is 24.6 Å². The SMILES string of the molecule is C.CC1=C(C(=O)CCl)c2cc(Br)cnc2C1.CC1=C(c2csc(N)n2)c2cc(Br)cnc2C1.[B]. The lowest BCUT2D eigenvalue weighted by molar-refractivity contribution is -0.111. The van der Waals surface area contributed by atoms with Gasteiger partial charge in [0.25, 0.3) is 0 Å². The molecular formula is C24H23BBr2ClN4OS. The van der Waals surface area contributed by atoms with E-state index in [0.29, 0.717) is 5.13 Å². The van der Waals surface area contributed by atoms with Gasteiger partial charge < -0.3 is 5.73 Å². The number of halogens is 3. The van der Waals surface area contributed by atoms with Gasteiger partial charge in [0, 0.05) is 70.2 Å². The Morgan fingerprint density at radius 1 is 1.06 bits per heavy atom. The fraction of sp³-hybridized carbons (Fsp3) is 0.250. The van der Waals surface area contributed by atoms with E-state index in [2.05, 4.69) is 59.8 Å². The second-order valence-electron chi connectivity index (χ2n) is 7.59. The molecule has 3 radical (unpaired) electrons. The van der Waals surface area contributed by atoms with Gasteiger partial charge in [-0.3, -0.25) is 14.8 Å². The van der Waals surface area contributed by atoms with Gasteiger partial charge in [-0.05, 0) is 57.8 Å². The van der Waals surface area contributed by atoms with E-state index in [1.54, 1.807) is 6.20 Å². The van der Waals surface area contributed by atoms with Gasteiger partial charge in [-0.2, -0.15) is 0 Å². The van der Waals surface area contributed by atoms with E-state index in [9.17, 15) is 4.79 Å². The molecule has 2 N–H and O–H groups in total. The van der Waals surface area contributed by atoms with Gasteiger partial charge in [-0.1, -0.05) is 18.6 Å². The van der Waals surface area contributed by atoms with Crippen LogP contribution in [-0.4, -0.2) is 35.0 Å². The number of thiazole rings is 1. The number of pyridine rings is 2. The summed E-state index contributed by atoms with van der Waals surface area (Å²) in [6, 6.07) is 4.03. The molecule has 34 heavy (non-hydrogen) atoms. The summed E-state index contributed by atoms with van der Waals surface area (Å²) in [5.41, 5.74) is 15.1. The molecule has 0 aromatic carbocycles. The van der Waals surface area contributed by atoms with E-state index in [-0.39, 0.29) is 27.5 Å². The standard InChI is InChI=1S/C12H10BrN3S.C11H9BrClNO.CH4.B/c1-6-2-9-8(3-7(13)4-15-9)11(6)10-5-17-12(14)16-10;1-6-2-9-8(3-7(12)5-14-9)11(6)10(15)4-13;;/h3-5H,2H2,1H3,(H2,14,16);3,5H,2,4H2,1H3;1H4;. The minimum Gasteiger partial charge on any atom is -0.375 e. The molecule has 3 heterocycles. The van der Waals surface area contributed by atoms with Gasteiger partial charge >= 0.3 is 0 Å². The van der Waals surface area contributed by atoms with Crippen molar-refractivity contribution in [2.75, 3.05) is 11.6 Å². The molecule has 175 valence electrons. The van der Waals surface area contributed by atoms with Crippen LogP contribution in [0.25, 0.3) is 11.1 Å². The van der Waals surface area contributed by atoms with Crippen LogP contribution in [0.3, 0.4) is 0 Å². The lowest BCUT2D eigenvalue weighted by atomic mass is 10.0. The molecule has 3 aromatic rings. The first kappa shape index (κ1) is 28.4. The molecule has 0 fully saturated rings. The molecule has 0 unspecified atom stereocenters. The van der Waals surface area contributed by atoms with E-state index < -0.39 is 0 Å². The van der Waals surface area contributed by atoms with Crippen molar-refractivity contribution in [2.45, 2.75) is 34.1 Å². The van der Waals surface area contributed by atoms with Crippen LogP contribution in [0.15, 0.2) is 50.0 Å². The number of hydrogen-bond acceptors (Lipinski definition) is 6. The van der Waals surface area contributed by atoms with Crippen LogP contribution < -0.4 is 5.73 Å². The molecule has 0 saturated heterocycles. The Morgan fingerprint density at radius 2 is 1.62 bits per heavy atom. The number of anilines is 1. The second-order valence-corrected chi connectivity index (χ2v) is 10.6. The number of fused-ring (bicyclic) bond motifs is 2. The van der Waals surface area contributed by atoms with Gasteiger partial charge in [-0.15, -0.1) is 22.9 Å². The quantitative estimate of drug-likeness (QED) is 0.267. The lowest BCUT2D eigenvalue weighted by Crippen LogP contribution is -2.03. The molecule has 2 aliphatic rings. The highest BCUT2D eigenvalue weighted by Crippen LogP contribution is 2.38. The number of alkyl halides is 1. The number of allylic oxidation sites excluding steroid dienone is 3. The number of aromatic nitrogens is 3. The zero-order valence-corrected chi connectivity index (χ0v) is 22.7. The predicted molar refractivity (Wildman–Crippen MR) is 150 cm³/mol. The maximum absolute atomic E-state index is 11.7. The molecule has 5 rings (SSSR count). The molecule has 2 aliphatic carbocycles. The summed E-state index contributed by atoms with van der Waals surface area (Å²) in [4.78, 5) is 24.8. The van der Waals surface area contributed by atoms with E-state index in [4.69, 9.17) is 17.3 Å². The molecule has 5 nitrogen and oxygen atoms in total. The summed E-state index contributed by atoms with van der Waals surface area (Å²) in [7, 11) is 0. The third-order valence-electron chi connectivity index (χ3n) is 5.31. The Balaban J connectivity index is 0.000000229. The average Bonchev–Trinajstić information content (AvgIpc) is 3.41. The summed E-state index contributed by atoms with van der Waals surface area (Å²) in [5, 5.41) is 2.61. The van der Waals surface area contributed by atoms with Crippen LogP contribution in [-0.2, 0) is 17.6 Å². The van der Waals surface area contributed by atoms with Crippen LogP contribution in [0.4, 0.5) is 5.13 Å². The van der Waals surface area contributed by atoms with Crippen molar-refractivity contribution < 1.29 is 4.79 Å². The van der Waals surface area contributed by atoms with E-state index >= 15 is 0 Å². The summed E-state index contributed by atoms with van der Waals surface area (Å²) in [6.45, 7) is 4.08. The Morgan fingerprint density at radius 3 is 2.18 bits per heavy atom. The number of nitrogens with zero attached hydrogens (tertiary/aromatic N) is 3. The molecule has 3 aromatic heterocycles. The second kappa shape index (κ2) is 11.8. The number of hydrogen-bond donors (Lipinski definition) is 1. The summed E-state index contributed by atoms with van der Waals surface area (Å²) in [5.74, 6) is 0.00588. The minimum atomic E-state index is -0.0205. The predicted octanol–water partition coefficient (Wildman–Crippen LogP) is 6.50. The third kappa shape index (κ3) is 5.70. The highest BCUT2D eigenvalue weighted by atomic mass is 79.9. The maximum Gasteiger partial charge on any atom is 0.180 e. The monoisotopic (exact) mass is 619 g/mol. The van der Waals surface area contributed by atoms with Crippen molar-refractivity contribution in [3.05, 3.63) is 78.2 Å². The molecule has 0 atom stereocenters.